The van der Waals surface area contributed by atoms with Crippen molar-refractivity contribution in [3.63, 3.8) is 0 Å². The van der Waals surface area contributed by atoms with E-state index in [4.69, 9.17) is 5.84 Å². The molecule has 2 heterocycles. The maximum atomic E-state index is 11.2. The molecule has 0 saturated carbocycles. The molecule has 0 aromatic carbocycles. The topological polar surface area (TPSA) is 59.5 Å². The third-order valence-electron chi connectivity index (χ3n) is 1.93. The lowest BCUT2D eigenvalue weighted by Gasteiger charge is -1.99. The van der Waals surface area contributed by atoms with E-state index in [-0.39, 0.29) is 5.91 Å². The minimum absolute atomic E-state index is 0.286. The number of amides is 1. The van der Waals surface area contributed by atoms with Crippen LogP contribution in [0.4, 0.5) is 0 Å². The molecular formula is C9H9N3O. The molecule has 3 N–H and O–H groups in total. The summed E-state index contributed by atoms with van der Waals surface area (Å²) in [5, 5.41) is 0. The Bertz CT molecular complexity index is 447. The first-order valence-electron chi connectivity index (χ1n) is 3.90. The number of nitrogens with one attached hydrogen (secondary N) is 1. The summed E-state index contributed by atoms with van der Waals surface area (Å²) in [6, 6.07) is 9.30. The van der Waals surface area contributed by atoms with Crippen molar-refractivity contribution in [3.05, 3.63) is 42.2 Å². The molecule has 0 saturated heterocycles. The highest BCUT2D eigenvalue weighted by Crippen LogP contribution is 2.08. The molecule has 13 heavy (non-hydrogen) atoms. The number of nitrogen functional groups attached to an aromatic ring is 1. The van der Waals surface area contributed by atoms with Crippen molar-refractivity contribution in [2.75, 3.05) is 0 Å². The zero-order valence-electron chi connectivity index (χ0n) is 6.90. The number of hydrogen-bond acceptors (Lipinski definition) is 2. The van der Waals surface area contributed by atoms with Gasteiger partial charge in [-0.05, 0) is 24.3 Å². The van der Waals surface area contributed by atoms with Crippen molar-refractivity contribution < 1.29 is 4.79 Å². The maximum absolute atomic E-state index is 11.2. The van der Waals surface area contributed by atoms with Crippen LogP contribution in [0.3, 0.4) is 0 Å². The highest BCUT2D eigenvalue weighted by molar-refractivity contribution is 5.93. The molecule has 1 amide bonds. The lowest BCUT2D eigenvalue weighted by molar-refractivity contribution is 0.0948. The summed E-state index contributed by atoms with van der Waals surface area (Å²) < 4.78 is 1.78. The van der Waals surface area contributed by atoms with E-state index in [1.54, 1.807) is 10.5 Å². The molecule has 0 unspecified atom stereocenters. The van der Waals surface area contributed by atoms with E-state index in [9.17, 15) is 4.79 Å². The van der Waals surface area contributed by atoms with Crippen LogP contribution in [0, 0.1) is 0 Å². The Balaban J connectivity index is 2.64. The molecule has 0 aliphatic rings. The summed E-state index contributed by atoms with van der Waals surface area (Å²) >= 11 is 0. The number of aromatic nitrogens is 1. The van der Waals surface area contributed by atoms with Gasteiger partial charge >= 0.3 is 0 Å². The Hall–Kier alpha value is -1.81. The third-order valence-corrected chi connectivity index (χ3v) is 1.93. The lowest BCUT2D eigenvalue weighted by Crippen LogP contribution is -2.30. The van der Waals surface area contributed by atoms with Crippen molar-refractivity contribution in [2.45, 2.75) is 0 Å². The van der Waals surface area contributed by atoms with Gasteiger partial charge in [-0.3, -0.25) is 10.2 Å². The molecule has 4 heteroatoms. The van der Waals surface area contributed by atoms with Gasteiger partial charge in [0.2, 0.25) is 0 Å². The van der Waals surface area contributed by atoms with Crippen LogP contribution in [-0.2, 0) is 0 Å². The molecule has 4 nitrogen and oxygen atoms in total. The number of carbonyl (C=O) groups excluding carboxylic acids is 1. The van der Waals surface area contributed by atoms with Gasteiger partial charge in [-0.2, -0.15) is 0 Å². The van der Waals surface area contributed by atoms with Crippen LogP contribution >= 0.6 is 0 Å². The molecule has 0 aliphatic carbocycles. The fourth-order valence-corrected chi connectivity index (χ4v) is 1.32. The summed E-state index contributed by atoms with van der Waals surface area (Å²) in [4.78, 5) is 11.2. The third kappa shape index (κ3) is 1.17. The van der Waals surface area contributed by atoms with Crippen LogP contribution in [0.2, 0.25) is 0 Å². The normalized spacial score (nSPS) is 10.2. The Kier molecular flexibility index (Phi) is 1.75. The van der Waals surface area contributed by atoms with Crippen LogP contribution in [0.1, 0.15) is 10.5 Å². The number of pyridine rings is 1. The first kappa shape index (κ1) is 7.82. The number of carbonyl (C=O) groups is 1. The zero-order valence-corrected chi connectivity index (χ0v) is 6.90. The van der Waals surface area contributed by atoms with Gasteiger partial charge in [-0.1, -0.05) is 6.07 Å². The molecule has 66 valence electrons. The minimum atomic E-state index is -0.286. The maximum Gasteiger partial charge on any atom is 0.282 e. The van der Waals surface area contributed by atoms with Crippen LogP contribution in [0.5, 0.6) is 0 Å². The lowest BCUT2D eigenvalue weighted by atomic mass is 10.4. The van der Waals surface area contributed by atoms with E-state index < -0.39 is 0 Å². The number of hydrazine groups is 1. The van der Waals surface area contributed by atoms with Crippen LogP contribution < -0.4 is 11.3 Å². The van der Waals surface area contributed by atoms with Crippen LogP contribution in [0.15, 0.2) is 36.5 Å². The fraction of sp³-hybridized carbons (Fsp3) is 0. The smallest absolute Gasteiger partial charge is 0.282 e. The van der Waals surface area contributed by atoms with Gasteiger partial charge in [0.15, 0.2) is 0 Å². The summed E-state index contributed by atoms with van der Waals surface area (Å²) in [5.74, 6) is 4.76. The van der Waals surface area contributed by atoms with Gasteiger partial charge in [0, 0.05) is 11.7 Å². The second-order valence-corrected chi connectivity index (χ2v) is 2.69. The zero-order chi connectivity index (χ0) is 9.26. The van der Waals surface area contributed by atoms with E-state index in [1.807, 2.05) is 30.5 Å². The number of nitrogens with two attached hydrogens (primary N) is 1. The molecule has 0 radical (unpaired) electrons. The molecule has 0 atom stereocenters. The monoisotopic (exact) mass is 175 g/mol. The average Bonchev–Trinajstić information content (AvgIpc) is 2.60. The number of hydrogen-bond donors (Lipinski definition) is 2. The molecule has 0 bridgehead atoms. The predicted octanol–water partition coefficient (Wildman–Crippen LogP) is 0.543. The average molecular weight is 175 g/mol. The number of rotatable bonds is 1. The SMILES string of the molecule is NNC(=O)c1ccc2ccccn12. The Morgan fingerprint density at radius 1 is 1.31 bits per heavy atom. The summed E-state index contributed by atoms with van der Waals surface area (Å²) in [6.07, 6.45) is 1.82. The van der Waals surface area contributed by atoms with Crippen molar-refractivity contribution in [1.29, 1.82) is 0 Å². The second-order valence-electron chi connectivity index (χ2n) is 2.69. The standard InChI is InChI=1S/C9H9N3O/c10-11-9(13)8-5-4-7-3-1-2-6-12(7)8/h1-6H,10H2,(H,11,13). The van der Waals surface area contributed by atoms with Gasteiger partial charge in [0.25, 0.3) is 5.91 Å². The Morgan fingerprint density at radius 3 is 2.92 bits per heavy atom. The number of fused-ring (bicyclic) bond motifs is 1. The summed E-state index contributed by atoms with van der Waals surface area (Å²) in [7, 11) is 0. The molecule has 0 aliphatic heterocycles. The molecule has 2 rings (SSSR count). The van der Waals surface area contributed by atoms with Gasteiger partial charge in [-0.25, -0.2) is 5.84 Å². The molecule has 2 aromatic rings. The largest absolute Gasteiger partial charge is 0.312 e. The summed E-state index contributed by atoms with van der Waals surface area (Å²) in [6.45, 7) is 0. The van der Waals surface area contributed by atoms with Crippen molar-refractivity contribution in [3.8, 4) is 0 Å². The van der Waals surface area contributed by atoms with Gasteiger partial charge < -0.3 is 4.40 Å². The van der Waals surface area contributed by atoms with Crippen molar-refractivity contribution in [2.24, 2.45) is 5.84 Å². The minimum Gasteiger partial charge on any atom is -0.312 e. The van der Waals surface area contributed by atoms with Gasteiger partial charge in [0.1, 0.15) is 5.69 Å². The van der Waals surface area contributed by atoms with Gasteiger partial charge in [0.05, 0.1) is 0 Å². The number of nitrogens with zero attached hydrogens (tertiary/aromatic N) is 1. The first-order chi connectivity index (χ1) is 6.33. The fourth-order valence-electron chi connectivity index (χ4n) is 1.32. The van der Waals surface area contributed by atoms with Crippen molar-refractivity contribution >= 4 is 11.4 Å². The molecule has 2 aromatic heterocycles. The quantitative estimate of drug-likeness (QED) is 0.377. The van der Waals surface area contributed by atoms with Crippen LogP contribution in [0.25, 0.3) is 5.52 Å². The highest BCUT2D eigenvalue weighted by atomic mass is 16.2. The molecule has 0 spiro atoms. The van der Waals surface area contributed by atoms with Crippen molar-refractivity contribution in [1.82, 2.24) is 9.83 Å². The molecular weight excluding hydrogens is 166 g/mol. The van der Waals surface area contributed by atoms with E-state index in [0.717, 1.165) is 5.52 Å². The first-order valence-corrected chi connectivity index (χ1v) is 3.90. The summed E-state index contributed by atoms with van der Waals surface area (Å²) in [5.41, 5.74) is 3.61. The second kappa shape index (κ2) is 2.91. The van der Waals surface area contributed by atoms with Crippen LogP contribution in [-0.4, -0.2) is 10.3 Å². The highest BCUT2D eigenvalue weighted by Gasteiger charge is 2.07. The van der Waals surface area contributed by atoms with E-state index in [0.29, 0.717) is 5.69 Å². The van der Waals surface area contributed by atoms with E-state index in [1.165, 1.54) is 0 Å². The predicted molar refractivity (Wildman–Crippen MR) is 49.1 cm³/mol. The van der Waals surface area contributed by atoms with E-state index in [2.05, 4.69) is 5.43 Å². The Labute approximate surface area is 74.9 Å². The molecule has 0 fully saturated rings. The Morgan fingerprint density at radius 2 is 2.15 bits per heavy atom. The van der Waals surface area contributed by atoms with E-state index >= 15 is 0 Å². The van der Waals surface area contributed by atoms with Gasteiger partial charge in [-0.15, -0.1) is 0 Å².